The molecule has 3 rings (SSSR count). The zero-order chi connectivity index (χ0) is 20.1. The number of nitrogens with one attached hydrogen (secondary N) is 1. The van der Waals surface area contributed by atoms with Crippen molar-refractivity contribution < 1.29 is 19.4 Å². The van der Waals surface area contributed by atoms with Crippen molar-refractivity contribution in [1.82, 2.24) is 25.0 Å². The summed E-state index contributed by atoms with van der Waals surface area (Å²) in [7, 11) is 0. The minimum Gasteiger partial charge on any atom is -0.494 e. The van der Waals surface area contributed by atoms with Crippen LogP contribution in [0.4, 0.5) is 0 Å². The number of hydrogen-bond acceptors (Lipinski definition) is 6. The van der Waals surface area contributed by atoms with Gasteiger partial charge in [-0.25, -0.2) is 0 Å². The van der Waals surface area contributed by atoms with Gasteiger partial charge in [-0.1, -0.05) is 12.1 Å². The third-order valence-corrected chi connectivity index (χ3v) is 4.69. The van der Waals surface area contributed by atoms with E-state index in [1.807, 2.05) is 31.2 Å². The molecule has 0 radical (unpaired) electrons. The van der Waals surface area contributed by atoms with Crippen LogP contribution in [0.3, 0.4) is 0 Å². The van der Waals surface area contributed by atoms with Gasteiger partial charge in [-0.2, -0.15) is 0 Å². The van der Waals surface area contributed by atoms with Crippen molar-refractivity contribution in [3.05, 3.63) is 41.5 Å². The van der Waals surface area contributed by atoms with Crippen LogP contribution in [0, 0.1) is 13.8 Å². The molecule has 1 aliphatic heterocycles. The van der Waals surface area contributed by atoms with E-state index in [1.165, 1.54) is 0 Å². The van der Waals surface area contributed by atoms with Crippen LogP contribution in [0.25, 0.3) is 0 Å². The molecule has 0 fully saturated rings. The van der Waals surface area contributed by atoms with Crippen LogP contribution < -0.4 is 10.1 Å². The first kappa shape index (κ1) is 19.8. The van der Waals surface area contributed by atoms with Crippen molar-refractivity contribution in [2.45, 2.75) is 39.4 Å². The van der Waals surface area contributed by atoms with Gasteiger partial charge in [-0.05, 0) is 38.0 Å². The molecule has 1 unspecified atom stereocenters. The topological polar surface area (TPSA) is 110 Å². The number of aliphatic carboxylic acids is 1. The van der Waals surface area contributed by atoms with E-state index in [1.54, 1.807) is 16.4 Å². The maximum absolute atomic E-state index is 12.2. The molecule has 0 spiro atoms. The number of aromatic nitrogens is 3. The molecule has 150 valence electrons. The highest BCUT2D eigenvalue weighted by Crippen LogP contribution is 2.17. The van der Waals surface area contributed by atoms with E-state index >= 15 is 0 Å². The first-order valence-corrected chi connectivity index (χ1v) is 9.25. The van der Waals surface area contributed by atoms with Gasteiger partial charge in [-0.15, -0.1) is 10.2 Å². The summed E-state index contributed by atoms with van der Waals surface area (Å²) < 4.78 is 7.44. The highest BCUT2D eigenvalue weighted by Gasteiger charge is 2.34. The lowest BCUT2D eigenvalue weighted by Gasteiger charge is -2.32. The van der Waals surface area contributed by atoms with Gasteiger partial charge < -0.3 is 19.7 Å². The van der Waals surface area contributed by atoms with Gasteiger partial charge in [0.05, 0.1) is 26.2 Å². The maximum Gasteiger partial charge on any atom is 0.322 e. The largest absolute Gasteiger partial charge is 0.494 e. The Morgan fingerprint density at radius 1 is 1.32 bits per heavy atom. The molecule has 0 bridgehead atoms. The van der Waals surface area contributed by atoms with Crippen molar-refractivity contribution >= 4 is 11.9 Å². The van der Waals surface area contributed by atoms with Crippen molar-refractivity contribution in [3.63, 3.8) is 0 Å². The second kappa shape index (κ2) is 8.83. The first-order chi connectivity index (χ1) is 13.4. The fourth-order valence-electron chi connectivity index (χ4n) is 3.20. The lowest BCUT2D eigenvalue weighted by atomic mass is 10.2. The molecule has 0 saturated carbocycles. The quantitative estimate of drug-likeness (QED) is 0.643. The molecule has 9 nitrogen and oxygen atoms in total. The van der Waals surface area contributed by atoms with Crippen LogP contribution in [0.2, 0.25) is 0 Å². The predicted octanol–water partition coefficient (Wildman–Crippen LogP) is 0.749. The predicted molar refractivity (Wildman–Crippen MR) is 101 cm³/mol. The van der Waals surface area contributed by atoms with E-state index in [-0.39, 0.29) is 25.5 Å². The van der Waals surface area contributed by atoms with Gasteiger partial charge in [0.1, 0.15) is 23.4 Å². The third-order valence-electron chi connectivity index (χ3n) is 4.69. The van der Waals surface area contributed by atoms with Gasteiger partial charge >= 0.3 is 5.97 Å². The van der Waals surface area contributed by atoms with Crippen LogP contribution in [0.15, 0.2) is 24.3 Å². The third kappa shape index (κ3) is 4.86. The molecule has 0 aliphatic carbocycles. The minimum absolute atomic E-state index is 0.00160. The highest BCUT2D eigenvalue weighted by molar-refractivity contribution is 5.80. The van der Waals surface area contributed by atoms with Crippen molar-refractivity contribution in [2.24, 2.45) is 0 Å². The van der Waals surface area contributed by atoms with Crippen LogP contribution in [-0.2, 0) is 22.7 Å². The summed E-state index contributed by atoms with van der Waals surface area (Å²) in [5.74, 6) is 0.987. The molecule has 1 aromatic heterocycles. The SMILES string of the molecule is Cc1cccc(OCCCNC(=O)CN2Cc3nnc(C)n3CC2C(=O)O)c1. The normalized spacial score (nSPS) is 16.4. The molecule has 2 N–H and O–H groups in total. The molecule has 1 amide bonds. The molecule has 0 saturated heterocycles. The van der Waals surface area contributed by atoms with Gasteiger partial charge in [0, 0.05) is 6.54 Å². The molecule has 1 aromatic carbocycles. The fraction of sp³-hybridized carbons (Fsp3) is 0.474. The number of aryl methyl sites for hydroxylation is 2. The monoisotopic (exact) mass is 387 g/mol. The Morgan fingerprint density at radius 2 is 2.14 bits per heavy atom. The molecule has 2 aromatic rings. The average molecular weight is 387 g/mol. The molecular formula is C19H25N5O4. The zero-order valence-electron chi connectivity index (χ0n) is 16.1. The number of hydrogen-bond donors (Lipinski definition) is 2. The Kier molecular flexibility index (Phi) is 6.25. The van der Waals surface area contributed by atoms with Crippen LogP contribution >= 0.6 is 0 Å². The number of carboxylic acid groups (broad SMARTS) is 1. The Bertz CT molecular complexity index is 851. The number of carbonyl (C=O) groups excluding carboxylic acids is 1. The molecule has 28 heavy (non-hydrogen) atoms. The summed E-state index contributed by atoms with van der Waals surface area (Å²) in [4.78, 5) is 25.5. The number of nitrogens with zero attached hydrogens (tertiary/aromatic N) is 4. The van der Waals surface area contributed by atoms with E-state index in [2.05, 4.69) is 15.5 Å². The molecular weight excluding hydrogens is 362 g/mol. The van der Waals surface area contributed by atoms with Gasteiger partial charge in [0.15, 0.2) is 0 Å². The summed E-state index contributed by atoms with van der Waals surface area (Å²) in [6.45, 7) is 5.27. The van der Waals surface area contributed by atoms with Crippen molar-refractivity contribution in [1.29, 1.82) is 0 Å². The smallest absolute Gasteiger partial charge is 0.322 e. The highest BCUT2D eigenvalue weighted by atomic mass is 16.5. The number of amides is 1. The number of rotatable bonds is 8. The first-order valence-electron chi connectivity index (χ1n) is 9.25. The summed E-state index contributed by atoms with van der Waals surface area (Å²) in [6.07, 6.45) is 0.662. The Morgan fingerprint density at radius 3 is 2.89 bits per heavy atom. The lowest BCUT2D eigenvalue weighted by molar-refractivity contribution is -0.145. The van der Waals surface area contributed by atoms with Crippen molar-refractivity contribution in [2.75, 3.05) is 19.7 Å². The molecule has 2 heterocycles. The number of benzene rings is 1. The number of ether oxygens (including phenoxy) is 1. The van der Waals surface area contributed by atoms with Gasteiger partial charge in [0.25, 0.3) is 0 Å². The Hall–Kier alpha value is -2.94. The Balaban J connectivity index is 1.44. The number of carboxylic acids is 1. The van der Waals surface area contributed by atoms with Crippen LogP contribution in [0.5, 0.6) is 5.75 Å². The van der Waals surface area contributed by atoms with Gasteiger partial charge in [0.2, 0.25) is 5.91 Å². The summed E-state index contributed by atoms with van der Waals surface area (Å²) in [5, 5.41) is 20.4. The molecule has 1 atom stereocenters. The van der Waals surface area contributed by atoms with E-state index in [4.69, 9.17) is 4.74 Å². The van der Waals surface area contributed by atoms with E-state index in [0.717, 1.165) is 11.3 Å². The summed E-state index contributed by atoms with van der Waals surface area (Å²) >= 11 is 0. The lowest BCUT2D eigenvalue weighted by Crippen LogP contribution is -2.51. The van der Waals surface area contributed by atoms with Gasteiger partial charge in [-0.3, -0.25) is 14.5 Å². The van der Waals surface area contributed by atoms with E-state index in [9.17, 15) is 14.7 Å². The summed E-state index contributed by atoms with van der Waals surface area (Å²) in [5.41, 5.74) is 1.13. The van der Waals surface area contributed by atoms with E-state index < -0.39 is 12.0 Å². The minimum atomic E-state index is -0.960. The summed E-state index contributed by atoms with van der Waals surface area (Å²) in [6, 6.07) is 7.02. The number of fused-ring (bicyclic) bond motifs is 1. The van der Waals surface area contributed by atoms with Crippen LogP contribution in [-0.4, -0.2) is 62.4 Å². The van der Waals surface area contributed by atoms with E-state index in [0.29, 0.717) is 31.2 Å². The zero-order valence-corrected chi connectivity index (χ0v) is 16.1. The van der Waals surface area contributed by atoms with Crippen molar-refractivity contribution in [3.8, 4) is 5.75 Å². The number of carbonyl (C=O) groups is 2. The fourth-order valence-corrected chi connectivity index (χ4v) is 3.20. The second-order valence-corrected chi connectivity index (χ2v) is 6.90. The Labute approximate surface area is 163 Å². The van der Waals surface area contributed by atoms with Crippen LogP contribution in [0.1, 0.15) is 23.6 Å². The second-order valence-electron chi connectivity index (χ2n) is 6.90. The molecule has 1 aliphatic rings. The standard InChI is InChI=1S/C19H25N5O4/c1-13-5-3-6-15(9-13)28-8-4-7-20-18(25)12-23-11-17-22-21-14(2)24(17)10-16(23)19(26)27/h3,5-6,9,16H,4,7-8,10-12H2,1-2H3,(H,20,25)(H,26,27). The average Bonchev–Trinajstić information content (AvgIpc) is 3.01. The molecule has 9 heteroatoms. The maximum atomic E-state index is 12.2.